The van der Waals surface area contributed by atoms with E-state index in [1.807, 2.05) is 51.1 Å². The first-order chi connectivity index (χ1) is 18.0. The van der Waals surface area contributed by atoms with Gasteiger partial charge in [-0.1, -0.05) is 18.2 Å². The van der Waals surface area contributed by atoms with E-state index < -0.39 is 16.6 Å². The van der Waals surface area contributed by atoms with Gasteiger partial charge in [0.05, 0.1) is 18.6 Å². The molecule has 2 aromatic carbocycles. The van der Waals surface area contributed by atoms with Crippen LogP contribution < -0.4 is 9.47 Å². The first-order valence-electron chi connectivity index (χ1n) is 13.0. The normalized spacial score (nSPS) is 13.6. The highest BCUT2D eigenvalue weighted by Gasteiger charge is 2.25. The van der Waals surface area contributed by atoms with Gasteiger partial charge in [-0.2, -0.15) is 0 Å². The number of ketones is 1. The molecule has 8 nitrogen and oxygen atoms in total. The molecule has 0 spiro atoms. The van der Waals surface area contributed by atoms with E-state index in [9.17, 15) is 13.8 Å². The van der Waals surface area contributed by atoms with Gasteiger partial charge in [0.1, 0.15) is 28.1 Å². The zero-order valence-corrected chi connectivity index (χ0v) is 24.2. The van der Waals surface area contributed by atoms with Crippen LogP contribution in [0.15, 0.2) is 41.3 Å². The lowest BCUT2D eigenvalue weighted by atomic mass is 10.0. The molecule has 3 rings (SSSR count). The van der Waals surface area contributed by atoms with Crippen molar-refractivity contribution in [3.05, 3.63) is 53.1 Å². The molecule has 1 aliphatic rings. The Kier molecular flexibility index (Phi) is 10.3. The Bertz CT molecular complexity index is 1160. The number of para-hydroxylation sites is 1. The zero-order valence-electron chi connectivity index (χ0n) is 23.4. The number of carbonyl (C=O) groups is 2. The Morgan fingerprint density at radius 3 is 2.50 bits per heavy atom. The standard InChI is InChI=1S/C29H40N2O6S/c1-29(2,3)37-28(33)31(17-14-21-11-7-8-13-25(21)35-6)16-10-9-12-24(32)23-19-22-15-18-36-27(22)26(20-23)38(34)30(4)5/h7-8,11,13,19-20H,9-10,12,14-18H2,1-6H3. The van der Waals surface area contributed by atoms with E-state index in [-0.39, 0.29) is 11.9 Å². The average Bonchev–Trinajstić information content (AvgIpc) is 3.35. The molecule has 0 aromatic heterocycles. The Morgan fingerprint density at radius 1 is 1.08 bits per heavy atom. The van der Waals surface area contributed by atoms with E-state index in [0.717, 1.165) is 16.9 Å². The average molecular weight is 545 g/mol. The predicted molar refractivity (Wildman–Crippen MR) is 148 cm³/mol. The summed E-state index contributed by atoms with van der Waals surface area (Å²) in [5.41, 5.74) is 1.90. The SMILES string of the molecule is COc1ccccc1CCN(CCCCC(=O)c1cc2c(c(S(=O)N(C)C)c1)OCC2)C(=O)OC(C)(C)C. The van der Waals surface area contributed by atoms with Crippen molar-refractivity contribution in [2.45, 2.75) is 63.4 Å². The number of hydrogen-bond acceptors (Lipinski definition) is 6. The second kappa shape index (κ2) is 13.2. The molecule has 0 saturated heterocycles. The third-order valence-electron chi connectivity index (χ3n) is 6.17. The summed E-state index contributed by atoms with van der Waals surface area (Å²) < 4.78 is 31.1. The minimum absolute atomic E-state index is 0.00505. The molecular weight excluding hydrogens is 504 g/mol. The highest BCUT2D eigenvalue weighted by molar-refractivity contribution is 7.82. The third-order valence-corrected chi connectivity index (χ3v) is 7.51. The van der Waals surface area contributed by atoms with Crippen LogP contribution in [-0.2, 0) is 28.6 Å². The van der Waals surface area contributed by atoms with Gasteiger partial charge in [0.15, 0.2) is 5.78 Å². The lowest BCUT2D eigenvalue weighted by molar-refractivity contribution is 0.0249. The van der Waals surface area contributed by atoms with Gasteiger partial charge >= 0.3 is 6.09 Å². The first kappa shape index (κ1) is 29.6. The molecule has 2 aromatic rings. The maximum atomic E-state index is 13.1. The maximum absolute atomic E-state index is 13.1. The number of unbranched alkanes of at least 4 members (excludes halogenated alkanes) is 1. The third kappa shape index (κ3) is 8.04. The van der Waals surface area contributed by atoms with Crippen LogP contribution in [0.4, 0.5) is 4.79 Å². The van der Waals surface area contributed by atoms with Crippen molar-refractivity contribution < 1.29 is 28.0 Å². The molecule has 0 radical (unpaired) electrons. The summed E-state index contributed by atoms with van der Waals surface area (Å²) in [7, 11) is 3.70. The number of benzene rings is 2. The fourth-order valence-electron chi connectivity index (χ4n) is 4.28. The minimum Gasteiger partial charge on any atom is -0.496 e. The van der Waals surface area contributed by atoms with Crippen molar-refractivity contribution in [1.29, 1.82) is 0 Å². The summed E-state index contributed by atoms with van der Waals surface area (Å²) >= 11 is 0. The summed E-state index contributed by atoms with van der Waals surface area (Å²) in [5.74, 6) is 1.42. The summed E-state index contributed by atoms with van der Waals surface area (Å²) in [6.07, 6.45) is 2.57. The van der Waals surface area contributed by atoms with E-state index in [0.29, 0.717) is 68.0 Å². The molecule has 38 heavy (non-hydrogen) atoms. The lowest BCUT2D eigenvalue weighted by Gasteiger charge is -2.27. The monoisotopic (exact) mass is 544 g/mol. The highest BCUT2D eigenvalue weighted by atomic mass is 32.2. The van der Waals surface area contributed by atoms with Crippen LogP contribution in [0.3, 0.4) is 0 Å². The molecule has 1 atom stereocenters. The predicted octanol–water partition coefficient (Wildman–Crippen LogP) is 5.05. The Hall–Kier alpha value is -2.91. The van der Waals surface area contributed by atoms with E-state index in [1.54, 1.807) is 36.5 Å². The van der Waals surface area contributed by atoms with E-state index in [1.165, 1.54) is 0 Å². The zero-order chi connectivity index (χ0) is 27.9. The molecule has 0 bridgehead atoms. The highest BCUT2D eigenvalue weighted by Crippen LogP contribution is 2.34. The number of Topliss-reactive ketones (excluding diaryl/α,β-unsaturated/α-hetero) is 1. The maximum Gasteiger partial charge on any atom is 0.410 e. The van der Waals surface area contributed by atoms with Gasteiger partial charge in [-0.15, -0.1) is 0 Å². The van der Waals surface area contributed by atoms with Crippen molar-refractivity contribution in [2.75, 3.05) is 40.9 Å². The van der Waals surface area contributed by atoms with Crippen LogP contribution in [0.2, 0.25) is 0 Å². The Labute approximate surface area is 228 Å². The second-order valence-electron chi connectivity index (χ2n) is 10.5. The van der Waals surface area contributed by atoms with Gasteiger partial charge in [-0.25, -0.2) is 13.3 Å². The number of rotatable bonds is 12. The largest absolute Gasteiger partial charge is 0.496 e. The second-order valence-corrected chi connectivity index (χ2v) is 12.2. The molecule has 0 N–H and O–H groups in total. The summed E-state index contributed by atoms with van der Waals surface area (Å²) in [4.78, 5) is 28.2. The van der Waals surface area contributed by atoms with Crippen LogP contribution in [0, 0.1) is 0 Å². The fraction of sp³-hybridized carbons (Fsp3) is 0.517. The van der Waals surface area contributed by atoms with Crippen LogP contribution in [0.5, 0.6) is 11.5 Å². The summed E-state index contributed by atoms with van der Waals surface area (Å²) in [5, 5.41) is 0. The number of fused-ring (bicyclic) bond motifs is 1. The molecule has 1 aliphatic heterocycles. The number of carbonyl (C=O) groups excluding carboxylic acids is 2. The Balaban J connectivity index is 1.62. The van der Waals surface area contributed by atoms with Gasteiger partial charge in [-0.3, -0.25) is 4.79 Å². The van der Waals surface area contributed by atoms with Gasteiger partial charge in [0.25, 0.3) is 0 Å². The van der Waals surface area contributed by atoms with Gasteiger partial charge in [0, 0.05) is 31.5 Å². The molecule has 0 fully saturated rings. The van der Waals surface area contributed by atoms with Crippen molar-refractivity contribution in [1.82, 2.24) is 9.21 Å². The number of ether oxygens (including phenoxy) is 3. The molecule has 208 valence electrons. The quantitative estimate of drug-likeness (QED) is 0.275. The smallest absolute Gasteiger partial charge is 0.410 e. The van der Waals surface area contributed by atoms with E-state index in [2.05, 4.69) is 0 Å². The summed E-state index contributed by atoms with van der Waals surface area (Å²) in [6, 6.07) is 11.3. The van der Waals surface area contributed by atoms with Gasteiger partial charge in [0.2, 0.25) is 0 Å². The Morgan fingerprint density at radius 2 is 1.82 bits per heavy atom. The number of methoxy groups -OCH3 is 1. The molecule has 1 unspecified atom stereocenters. The van der Waals surface area contributed by atoms with Crippen molar-refractivity contribution in [3.8, 4) is 11.5 Å². The van der Waals surface area contributed by atoms with Crippen molar-refractivity contribution in [3.63, 3.8) is 0 Å². The first-order valence-corrected chi connectivity index (χ1v) is 14.1. The van der Waals surface area contributed by atoms with Crippen LogP contribution in [0.1, 0.15) is 61.5 Å². The van der Waals surface area contributed by atoms with Crippen molar-refractivity contribution in [2.24, 2.45) is 0 Å². The molecule has 1 heterocycles. The molecule has 1 amide bonds. The fourth-order valence-corrected chi connectivity index (χ4v) is 5.25. The van der Waals surface area contributed by atoms with Crippen LogP contribution in [-0.4, -0.2) is 71.8 Å². The molecule has 0 aliphatic carbocycles. The summed E-state index contributed by atoms with van der Waals surface area (Å²) in [6.45, 7) is 7.03. The van der Waals surface area contributed by atoms with Crippen LogP contribution in [0.25, 0.3) is 0 Å². The van der Waals surface area contributed by atoms with Gasteiger partial charge < -0.3 is 19.1 Å². The van der Waals surface area contributed by atoms with Crippen LogP contribution >= 0.6 is 0 Å². The lowest BCUT2D eigenvalue weighted by Crippen LogP contribution is -2.38. The molecular formula is C29H40N2O6S. The van der Waals surface area contributed by atoms with E-state index in [4.69, 9.17) is 14.2 Å². The van der Waals surface area contributed by atoms with Crippen molar-refractivity contribution >= 4 is 22.9 Å². The minimum atomic E-state index is -1.40. The number of amides is 1. The van der Waals surface area contributed by atoms with E-state index >= 15 is 0 Å². The number of nitrogens with zero attached hydrogens (tertiary/aromatic N) is 2. The topological polar surface area (TPSA) is 85.4 Å². The van der Waals surface area contributed by atoms with Gasteiger partial charge in [-0.05, 0) is 83.5 Å². The number of hydrogen-bond donors (Lipinski definition) is 0. The molecule has 0 saturated carbocycles. The molecule has 9 heteroatoms.